The van der Waals surface area contributed by atoms with Gasteiger partial charge in [-0.15, -0.1) is 0 Å². The number of ether oxygens (including phenoxy) is 2. The predicted octanol–water partition coefficient (Wildman–Crippen LogP) is 19.6. The minimum Gasteiger partial charge on any atom is -0.495 e. The molecule has 13 rings (SSSR count). The molecule has 1 atom stereocenters. The highest BCUT2D eigenvalue weighted by molar-refractivity contribution is 5.90. The van der Waals surface area contributed by atoms with E-state index in [-0.39, 0.29) is 16.2 Å². The molecule has 78 heavy (non-hydrogen) atoms. The summed E-state index contributed by atoms with van der Waals surface area (Å²) in [7, 11) is 3.62. The quantitative estimate of drug-likeness (QED) is 0.129. The van der Waals surface area contributed by atoms with E-state index in [4.69, 9.17) is 9.47 Å². The summed E-state index contributed by atoms with van der Waals surface area (Å²) in [6.07, 6.45) is 0.891. The van der Waals surface area contributed by atoms with Crippen molar-refractivity contribution in [2.24, 2.45) is 0 Å². The van der Waals surface area contributed by atoms with Crippen molar-refractivity contribution in [2.75, 3.05) is 24.0 Å². The van der Waals surface area contributed by atoms with Crippen molar-refractivity contribution < 1.29 is 9.47 Å². The standard InChI is InChI=1S/C74H66N2O2/c1-71(2)47-74(7,52-32-41-69(77-8)67(42-52)75(53-33-28-50(29-34-53)48-20-12-10-13-21-48)55-37-39-59-57-24-16-18-26-61(57)72(3,4)63(59)43-55)66-46-70(78-9)68(45-65(66)71)76(54-35-30-51(31-36-54)49-22-14-11-15-23-49)56-38-40-60-58-25-17-19-27-62(58)73(5,6)64(60)44-56/h10-46H,47H2,1-9H3. The Balaban J connectivity index is 0.959. The van der Waals surface area contributed by atoms with Crippen LogP contribution in [0.25, 0.3) is 44.5 Å². The Morgan fingerprint density at radius 1 is 0.321 bits per heavy atom. The zero-order valence-corrected chi connectivity index (χ0v) is 46.3. The summed E-state index contributed by atoms with van der Waals surface area (Å²) < 4.78 is 13.0. The molecule has 0 aliphatic heterocycles. The molecule has 4 heteroatoms. The van der Waals surface area contributed by atoms with E-state index in [0.717, 1.165) is 52.0 Å². The average Bonchev–Trinajstić information content (AvgIpc) is 4.09. The number of rotatable bonds is 11. The van der Waals surface area contributed by atoms with Crippen LogP contribution in [-0.4, -0.2) is 14.2 Å². The summed E-state index contributed by atoms with van der Waals surface area (Å²) in [5.74, 6) is 1.63. The Bertz CT molecular complexity index is 3950. The Labute approximate surface area is 461 Å². The zero-order valence-electron chi connectivity index (χ0n) is 46.3. The molecule has 10 aromatic carbocycles. The molecule has 3 aliphatic rings. The summed E-state index contributed by atoms with van der Waals surface area (Å²) in [6.45, 7) is 16.7. The van der Waals surface area contributed by atoms with Crippen molar-refractivity contribution in [3.8, 4) is 56.0 Å². The Hall–Kier alpha value is -8.60. The maximum Gasteiger partial charge on any atom is 0.143 e. The normalized spacial score (nSPS) is 16.6. The molecule has 0 fully saturated rings. The van der Waals surface area contributed by atoms with Crippen molar-refractivity contribution in [1.82, 2.24) is 0 Å². The van der Waals surface area contributed by atoms with Crippen molar-refractivity contribution in [1.29, 1.82) is 0 Å². The van der Waals surface area contributed by atoms with Crippen molar-refractivity contribution >= 4 is 34.1 Å². The molecule has 0 heterocycles. The van der Waals surface area contributed by atoms with E-state index in [1.54, 1.807) is 7.11 Å². The van der Waals surface area contributed by atoms with Gasteiger partial charge < -0.3 is 19.3 Å². The van der Waals surface area contributed by atoms with Crippen LogP contribution < -0.4 is 19.3 Å². The molecule has 0 saturated carbocycles. The lowest BCUT2D eigenvalue weighted by atomic mass is 9.75. The van der Waals surface area contributed by atoms with Crippen molar-refractivity contribution in [3.05, 3.63) is 263 Å². The smallest absolute Gasteiger partial charge is 0.143 e. The molecule has 0 bridgehead atoms. The molecule has 4 nitrogen and oxygen atoms in total. The molecule has 0 radical (unpaired) electrons. The fraction of sp³-hybridized carbons (Fsp3) is 0.189. The first-order chi connectivity index (χ1) is 37.7. The Morgan fingerprint density at radius 2 is 0.731 bits per heavy atom. The van der Waals surface area contributed by atoms with Crippen LogP contribution in [0, 0.1) is 0 Å². The molecular formula is C74H66N2O2. The van der Waals surface area contributed by atoms with Gasteiger partial charge in [-0.2, -0.15) is 0 Å². The van der Waals surface area contributed by atoms with E-state index in [1.807, 2.05) is 7.11 Å². The van der Waals surface area contributed by atoms with Gasteiger partial charge in [0.25, 0.3) is 0 Å². The molecule has 10 aromatic rings. The molecule has 3 aliphatic carbocycles. The Morgan fingerprint density at radius 3 is 1.21 bits per heavy atom. The fourth-order valence-electron chi connectivity index (χ4n) is 13.8. The monoisotopic (exact) mass is 1010 g/mol. The number of nitrogens with zero attached hydrogens (tertiary/aromatic N) is 2. The predicted molar refractivity (Wildman–Crippen MR) is 325 cm³/mol. The lowest BCUT2D eigenvalue weighted by Crippen LogP contribution is -2.24. The zero-order chi connectivity index (χ0) is 53.7. The molecule has 0 amide bonds. The number of hydrogen-bond donors (Lipinski definition) is 0. The van der Waals surface area contributed by atoms with Gasteiger partial charge >= 0.3 is 0 Å². The van der Waals surface area contributed by atoms with E-state index in [2.05, 4.69) is 283 Å². The SMILES string of the molecule is COc1ccc(C2(C)CC(C)(C)c3cc(N(c4ccc(-c5ccccc5)cc4)c4ccc5c(c4)C(C)(C)c4ccccc4-5)c(OC)cc32)cc1N(c1ccc(-c2ccccc2)cc1)c1ccc2c(c1)C(C)(C)c1ccccc1-2. The second kappa shape index (κ2) is 18.3. The first kappa shape index (κ1) is 49.0. The third-order valence-corrected chi connectivity index (χ3v) is 17.9. The average molecular weight is 1020 g/mol. The number of methoxy groups -OCH3 is 2. The molecule has 0 spiro atoms. The maximum absolute atomic E-state index is 6.63. The number of fused-ring (bicyclic) bond motifs is 7. The number of benzene rings is 10. The third-order valence-electron chi connectivity index (χ3n) is 17.9. The van der Waals surface area contributed by atoms with Crippen LogP contribution in [0.15, 0.2) is 224 Å². The van der Waals surface area contributed by atoms with E-state index in [9.17, 15) is 0 Å². The first-order valence-electron chi connectivity index (χ1n) is 27.5. The summed E-state index contributed by atoms with van der Waals surface area (Å²) in [4.78, 5) is 4.82. The summed E-state index contributed by atoms with van der Waals surface area (Å²) in [5.41, 5.74) is 24.4. The van der Waals surface area contributed by atoms with Crippen molar-refractivity contribution in [2.45, 2.75) is 76.5 Å². The second-order valence-corrected chi connectivity index (χ2v) is 23.6. The lowest BCUT2D eigenvalue weighted by Gasteiger charge is -2.33. The topological polar surface area (TPSA) is 24.9 Å². The third kappa shape index (κ3) is 7.70. The lowest BCUT2D eigenvalue weighted by molar-refractivity contribution is 0.410. The second-order valence-electron chi connectivity index (χ2n) is 23.6. The van der Waals surface area contributed by atoms with Gasteiger partial charge in [0, 0.05) is 39.0 Å². The largest absolute Gasteiger partial charge is 0.495 e. The summed E-state index contributed by atoms with van der Waals surface area (Å²) in [5, 5.41) is 0. The van der Waals surface area contributed by atoms with Gasteiger partial charge in [0.2, 0.25) is 0 Å². The number of hydrogen-bond acceptors (Lipinski definition) is 4. The van der Waals surface area contributed by atoms with E-state index in [0.29, 0.717) is 0 Å². The summed E-state index contributed by atoms with van der Waals surface area (Å²) in [6, 6.07) is 82.7. The van der Waals surface area contributed by atoms with Crippen LogP contribution in [0.2, 0.25) is 0 Å². The highest BCUT2D eigenvalue weighted by Crippen LogP contribution is 2.59. The van der Waals surface area contributed by atoms with Crippen LogP contribution in [0.4, 0.5) is 34.1 Å². The molecule has 0 saturated heterocycles. The first-order valence-corrected chi connectivity index (χ1v) is 27.5. The van der Waals surface area contributed by atoms with Gasteiger partial charge in [-0.3, -0.25) is 0 Å². The van der Waals surface area contributed by atoms with Crippen LogP contribution in [-0.2, 0) is 21.7 Å². The van der Waals surface area contributed by atoms with E-state index >= 15 is 0 Å². The molecule has 384 valence electrons. The van der Waals surface area contributed by atoms with Crippen LogP contribution in [0.1, 0.15) is 93.8 Å². The van der Waals surface area contributed by atoms with Gasteiger partial charge in [0.05, 0.1) is 25.6 Å². The van der Waals surface area contributed by atoms with Crippen LogP contribution >= 0.6 is 0 Å². The van der Waals surface area contributed by atoms with Gasteiger partial charge in [-0.25, -0.2) is 0 Å². The van der Waals surface area contributed by atoms with Crippen molar-refractivity contribution in [3.63, 3.8) is 0 Å². The van der Waals surface area contributed by atoms with Gasteiger partial charge in [-0.05, 0) is 168 Å². The molecular weight excluding hydrogens is 949 g/mol. The summed E-state index contributed by atoms with van der Waals surface area (Å²) >= 11 is 0. The van der Waals surface area contributed by atoms with Crippen LogP contribution in [0.3, 0.4) is 0 Å². The minimum absolute atomic E-state index is 0.169. The van der Waals surface area contributed by atoms with Crippen LogP contribution in [0.5, 0.6) is 11.5 Å². The van der Waals surface area contributed by atoms with E-state index in [1.165, 1.54) is 83.5 Å². The molecule has 0 aromatic heterocycles. The number of anilines is 6. The Kier molecular flexibility index (Phi) is 11.5. The van der Waals surface area contributed by atoms with Gasteiger partial charge in [0.1, 0.15) is 11.5 Å². The van der Waals surface area contributed by atoms with E-state index < -0.39 is 5.41 Å². The highest BCUT2D eigenvalue weighted by atomic mass is 16.5. The fourth-order valence-corrected chi connectivity index (χ4v) is 13.8. The minimum atomic E-state index is -0.401. The molecule has 1 unspecified atom stereocenters. The maximum atomic E-state index is 6.63. The van der Waals surface area contributed by atoms with Gasteiger partial charge in [0.15, 0.2) is 0 Å². The highest BCUT2D eigenvalue weighted by Gasteiger charge is 2.48. The van der Waals surface area contributed by atoms with Gasteiger partial charge in [-0.1, -0.05) is 200 Å². The molecule has 0 N–H and O–H groups in total.